The fourth-order valence-corrected chi connectivity index (χ4v) is 0. The fraction of sp³-hybridized carbons (Fsp3) is 0. The summed E-state index contributed by atoms with van der Waals surface area (Å²) in [6.07, 6.45) is 0. The molecular weight excluding hydrogens is 230 g/mol. The Morgan fingerprint density at radius 2 is 1.71 bits per heavy atom. The number of hydrogen-bond donors (Lipinski definition) is 1. The predicted molar refractivity (Wildman–Crippen MR) is 17.1 cm³/mol. The monoisotopic (exact) mass is 232 g/mol. The maximum Gasteiger partial charge on any atom is 2.00 e. The van der Waals surface area contributed by atoms with E-state index in [4.69, 9.17) is 19.6 Å². The zero-order valence-corrected chi connectivity index (χ0v) is 6.78. The molecule has 7 heteroatoms. The summed E-state index contributed by atoms with van der Waals surface area (Å²) in [5.41, 5.74) is 0. The van der Waals surface area contributed by atoms with E-state index < -0.39 is 7.82 Å². The second-order valence-corrected chi connectivity index (χ2v) is 1.59. The summed E-state index contributed by atoms with van der Waals surface area (Å²) in [7, 11) is -5.09. The van der Waals surface area contributed by atoms with Gasteiger partial charge in [0.15, 0.2) is 0 Å². The molecular formula is HO5PSn. The second kappa shape index (κ2) is 3.82. The Morgan fingerprint density at radius 1 is 1.57 bits per heavy atom. The molecule has 0 rings (SSSR count). The van der Waals surface area contributed by atoms with E-state index in [1.54, 1.807) is 0 Å². The van der Waals surface area contributed by atoms with Crippen LogP contribution in [0.25, 0.3) is 0 Å². The van der Waals surface area contributed by atoms with Gasteiger partial charge in [0.25, 0.3) is 0 Å². The molecule has 5 nitrogen and oxygen atoms in total. The van der Waals surface area contributed by atoms with Crippen LogP contribution in [0.1, 0.15) is 0 Å². The quantitative estimate of drug-likeness (QED) is 0.242. The van der Waals surface area contributed by atoms with Crippen molar-refractivity contribution in [2.75, 3.05) is 0 Å². The summed E-state index contributed by atoms with van der Waals surface area (Å²) in [6, 6.07) is 0. The molecule has 7 heavy (non-hydrogen) atoms. The van der Waals surface area contributed by atoms with E-state index in [-0.39, 0.29) is 23.9 Å². The Morgan fingerprint density at radius 3 is 1.71 bits per heavy atom. The molecule has 0 aromatic heterocycles. The molecule has 0 aliphatic heterocycles. The largest absolute Gasteiger partial charge is 2.00 e. The van der Waals surface area contributed by atoms with Gasteiger partial charge in [-0.2, -0.15) is 0 Å². The molecule has 2 radical (unpaired) electrons. The molecule has 0 atom stereocenters. The van der Waals surface area contributed by atoms with Gasteiger partial charge >= 0.3 is 23.9 Å². The van der Waals surface area contributed by atoms with Gasteiger partial charge in [-0.05, 0) is 0 Å². The Labute approximate surface area is 56.4 Å². The van der Waals surface area contributed by atoms with Gasteiger partial charge in [0.2, 0.25) is 0 Å². The molecule has 0 fully saturated rings. The number of hydrogen-bond acceptors (Lipinski definition) is 5. The first-order chi connectivity index (χ1) is 2.56. The van der Waals surface area contributed by atoms with Gasteiger partial charge in [-0.25, -0.2) is 9.93 Å². The van der Waals surface area contributed by atoms with Crippen LogP contribution in [-0.2, 0) is 9.24 Å². The Balaban J connectivity index is 0. The summed E-state index contributed by atoms with van der Waals surface area (Å²) < 4.78 is 11.4. The SMILES string of the molecule is O=P([O-])([O-])OO.[Sn+2]. The van der Waals surface area contributed by atoms with E-state index in [9.17, 15) is 0 Å². The first kappa shape index (κ1) is 10.8. The molecule has 0 aliphatic rings. The molecule has 0 aromatic rings. The third kappa shape index (κ3) is 10.9. The predicted octanol–water partition coefficient (Wildman–Crippen LogP) is -2.08. The van der Waals surface area contributed by atoms with E-state index >= 15 is 0 Å². The molecule has 0 bridgehead atoms. The van der Waals surface area contributed by atoms with Crippen molar-refractivity contribution in [1.82, 2.24) is 0 Å². The van der Waals surface area contributed by atoms with E-state index in [1.807, 2.05) is 0 Å². The van der Waals surface area contributed by atoms with Crippen LogP contribution in [0.2, 0.25) is 0 Å². The van der Waals surface area contributed by atoms with Gasteiger partial charge in [-0.1, -0.05) is 0 Å². The van der Waals surface area contributed by atoms with Gasteiger partial charge < -0.3 is 14.4 Å². The smallest absolute Gasteiger partial charge is 0.788 e. The molecule has 0 heterocycles. The average molecular weight is 231 g/mol. The summed E-state index contributed by atoms with van der Waals surface area (Å²) in [6.45, 7) is 0. The maximum atomic E-state index is 9.00. The molecule has 0 saturated carbocycles. The van der Waals surface area contributed by atoms with E-state index in [2.05, 4.69) is 4.67 Å². The maximum absolute atomic E-state index is 9.00. The molecule has 1 N–H and O–H groups in total. The van der Waals surface area contributed by atoms with Crippen molar-refractivity contribution in [3.63, 3.8) is 0 Å². The van der Waals surface area contributed by atoms with E-state index in [0.717, 1.165) is 0 Å². The van der Waals surface area contributed by atoms with Crippen molar-refractivity contribution < 1.29 is 24.3 Å². The van der Waals surface area contributed by atoms with Crippen LogP contribution < -0.4 is 9.79 Å². The number of phosphoric acid groups is 1. The molecule has 0 spiro atoms. The first-order valence-electron chi connectivity index (χ1n) is 0.913. The summed E-state index contributed by atoms with van der Waals surface area (Å²) in [4.78, 5) is 18.0. The third-order valence-corrected chi connectivity index (χ3v) is 0.300. The van der Waals surface area contributed by atoms with Crippen LogP contribution in [0.15, 0.2) is 0 Å². The van der Waals surface area contributed by atoms with Crippen LogP contribution in [0.3, 0.4) is 0 Å². The first-order valence-corrected chi connectivity index (χ1v) is 2.37. The minimum Gasteiger partial charge on any atom is -0.788 e. The molecule has 0 aliphatic carbocycles. The normalized spacial score (nSPS) is 10.1. The second-order valence-electron chi connectivity index (χ2n) is 0.529. The van der Waals surface area contributed by atoms with Crippen LogP contribution in [0, 0.1) is 0 Å². The molecule has 0 aromatic carbocycles. The number of rotatable bonds is 1. The minimum atomic E-state index is -5.09. The molecule has 0 unspecified atom stereocenters. The van der Waals surface area contributed by atoms with Crippen molar-refractivity contribution in [3.8, 4) is 0 Å². The Bertz CT molecular complexity index is 72.1. The summed E-state index contributed by atoms with van der Waals surface area (Å²) in [5.74, 6) is 0. The van der Waals surface area contributed by atoms with Crippen molar-refractivity contribution in [2.24, 2.45) is 0 Å². The van der Waals surface area contributed by atoms with Gasteiger partial charge in [0.05, 0.1) is 7.82 Å². The average Bonchev–Trinajstić information content (AvgIpc) is 1.35. The van der Waals surface area contributed by atoms with Crippen LogP contribution >= 0.6 is 7.82 Å². The van der Waals surface area contributed by atoms with Crippen LogP contribution in [0.5, 0.6) is 0 Å². The van der Waals surface area contributed by atoms with Crippen LogP contribution in [-0.4, -0.2) is 29.2 Å². The summed E-state index contributed by atoms with van der Waals surface area (Å²) >= 11 is 0. The summed E-state index contributed by atoms with van der Waals surface area (Å²) in [5, 5.41) is 7.01. The molecule has 0 amide bonds. The zero-order valence-electron chi connectivity index (χ0n) is 3.03. The van der Waals surface area contributed by atoms with Crippen molar-refractivity contribution >= 4 is 31.7 Å². The minimum absolute atomic E-state index is 0. The Kier molecular flexibility index (Phi) is 5.88. The Hall–Kier alpha value is 0.869. The van der Waals surface area contributed by atoms with Gasteiger partial charge in [-0.3, -0.25) is 0 Å². The van der Waals surface area contributed by atoms with Crippen molar-refractivity contribution in [3.05, 3.63) is 0 Å². The topological polar surface area (TPSA) is 92.7 Å². The molecule has 0 saturated heterocycles. The standard InChI is InChI=1S/H3O5P.Sn/c1-5-6(2,3)4;/h1H,(H2,2,3,4);/q;+2/p-2. The van der Waals surface area contributed by atoms with Gasteiger partial charge in [0, 0.05) is 0 Å². The molecule has 40 valence electrons. The van der Waals surface area contributed by atoms with E-state index in [0.29, 0.717) is 0 Å². The zero-order chi connectivity index (χ0) is 5.21. The third-order valence-electron chi connectivity index (χ3n) is 0.100. The van der Waals surface area contributed by atoms with Gasteiger partial charge in [0.1, 0.15) is 0 Å². The van der Waals surface area contributed by atoms with Crippen molar-refractivity contribution in [2.45, 2.75) is 0 Å². The van der Waals surface area contributed by atoms with Crippen molar-refractivity contribution in [1.29, 1.82) is 0 Å². The van der Waals surface area contributed by atoms with Gasteiger partial charge in [-0.15, -0.1) is 0 Å². The fourth-order valence-electron chi connectivity index (χ4n) is 0. The van der Waals surface area contributed by atoms with E-state index in [1.165, 1.54) is 0 Å². The van der Waals surface area contributed by atoms with Crippen LogP contribution in [0.4, 0.5) is 0 Å².